The molecule has 0 saturated carbocycles. The molecule has 1 aromatic heterocycles. The highest BCUT2D eigenvalue weighted by Crippen LogP contribution is 2.44. The second-order valence-electron chi connectivity index (χ2n) is 6.04. The quantitative estimate of drug-likeness (QED) is 0.652. The summed E-state index contributed by atoms with van der Waals surface area (Å²) >= 11 is 1.56. The predicted octanol–water partition coefficient (Wildman–Crippen LogP) is 5.48. The van der Waals surface area contributed by atoms with Crippen LogP contribution in [0.5, 0.6) is 17.2 Å². The van der Waals surface area contributed by atoms with Crippen molar-refractivity contribution in [3.05, 3.63) is 53.4 Å². The van der Waals surface area contributed by atoms with E-state index in [2.05, 4.69) is 13.8 Å². The number of hydrogen-bond acceptors (Lipinski definition) is 4. The third-order valence-electron chi connectivity index (χ3n) is 3.61. The Morgan fingerprint density at radius 1 is 1.09 bits per heavy atom. The Hall–Kier alpha value is -2.04. The van der Waals surface area contributed by atoms with Gasteiger partial charge < -0.3 is 14.9 Å². The largest absolute Gasteiger partial charge is 0.508 e. The molecule has 0 aliphatic carbocycles. The van der Waals surface area contributed by atoms with Gasteiger partial charge in [-0.2, -0.15) is 0 Å². The minimum absolute atomic E-state index is 0.159. The first-order chi connectivity index (χ1) is 11.0. The molecular formula is C19H20O3S. The number of hydrogen-bond donors (Lipinski definition) is 2. The first kappa shape index (κ1) is 15.8. The van der Waals surface area contributed by atoms with Gasteiger partial charge in [0.15, 0.2) is 5.75 Å². The number of phenols is 1. The molecule has 0 aliphatic rings. The normalized spacial score (nSPS) is 12.7. The molecule has 1 atom stereocenters. The van der Waals surface area contributed by atoms with Gasteiger partial charge in [0.05, 0.1) is 11.0 Å². The number of aromatic hydroxyl groups is 1. The van der Waals surface area contributed by atoms with E-state index in [0.717, 1.165) is 15.0 Å². The number of phenolic OH excluding ortho intramolecular Hbond substituents is 1. The van der Waals surface area contributed by atoms with E-state index in [-0.39, 0.29) is 5.75 Å². The van der Waals surface area contributed by atoms with Gasteiger partial charge in [0.25, 0.3) is 0 Å². The summed E-state index contributed by atoms with van der Waals surface area (Å²) in [5, 5.41) is 21.2. The molecule has 23 heavy (non-hydrogen) atoms. The van der Waals surface area contributed by atoms with Crippen molar-refractivity contribution in [1.29, 1.82) is 0 Å². The molecule has 0 saturated heterocycles. The third kappa shape index (κ3) is 3.49. The topological polar surface area (TPSA) is 49.7 Å². The number of ether oxygens (including phenoxy) is 1. The van der Waals surface area contributed by atoms with Gasteiger partial charge in [0.2, 0.25) is 0 Å². The van der Waals surface area contributed by atoms with Crippen LogP contribution in [-0.2, 0) is 0 Å². The highest BCUT2D eigenvalue weighted by molar-refractivity contribution is 7.19. The van der Waals surface area contributed by atoms with E-state index >= 15 is 0 Å². The lowest BCUT2D eigenvalue weighted by Gasteiger charge is -2.14. The van der Waals surface area contributed by atoms with Crippen LogP contribution in [0.2, 0.25) is 0 Å². The Kier molecular flexibility index (Phi) is 4.55. The van der Waals surface area contributed by atoms with Crippen molar-refractivity contribution in [3.63, 3.8) is 0 Å². The van der Waals surface area contributed by atoms with Crippen molar-refractivity contribution in [1.82, 2.24) is 0 Å². The summed E-state index contributed by atoms with van der Waals surface area (Å²) in [6.07, 6.45) is 0.128. The molecule has 0 radical (unpaired) electrons. The number of benzene rings is 2. The summed E-state index contributed by atoms with van der Waals surface area (Å²) in [5.41, 5.74) is 0. The second kappa shape index (κ2) is 6.60. The van der Waals surface area contributed by atoms with Gasteiger partial charge >= 0.3 is 0 Å². The SMILES string of the molecule is CC(C)CC(O)c1sc2ccccc2c1Oc1cccc(O)c1. The van der Waals surface area contributed by atoms with Gasteiger partial charge in [-0.15, -0.1) is 11.3 Å². The Bertz CT molecular complexity index is 807. The molecule has 0 fully saturated rings. The van der Waals surface area contributed by atoms with Crippen molar-refractivity contribution in [3.8, 4) is 17.2 Å². The molecule has 3 rings (SSSR count). The monoisotopic (exact) mass is 328 g/mol. The molecule has 1 heterocycles. The molecule has 0 spiro atoms. The smallest absolute Gasteiger partial charge is 0.151 e. The van der Waals surface area contributed by atoms with Crippen molar-refractivity contribution in [2.24, 2.45) is 5.92 Å². The molecule has 0 aliphatic heterocycles. The first-order valence-electron chi connectivity index (χ1n) is 7.71. The minimum Gasteiger partial charge on any atom is -0.508 e. The molecular weight excluding hydrogens is 308 g/mol. The van der Waals surface area contributed by atoms with Crippen LogP contribution in [0.4, 0.5) is 0 Å². The van der Waals surface area contributed by atoms with E-state index in [1.165, 1.54) is 0 Å². The van der Waals surface area contributed by atoms with Gasteiger partial charge in [-0.25, -0.2) is 0 Å². The average molecular weight is 328 g/mol. The maximum absolute atomic E-state index is 10.6. The van der Waals surface area contributed by atoms with Gasteiger partial charge in [-0.05, 0) is 36.6 Å². The lowest BCUT2D eigenvalue weighted by atomic mass is 10.0. The molecule has 0 amide bonds. The number of fused-ring (bicyclic) bond motifs is 1. The zero-order chi connectivity index (χ0) is 16.4. The van der Waals surface area contributed by atoms with Gasteiger partial charge in [-0.1, -0.05) is 32.0 Å². The fraction of sp³-hybridized carbons (Fsp3) is 0.263. The van der Waals surface area contributed by atoms with E-state index in [1.54, 1.807) is 35.6 Å². The zero-order valence-corrected chi connectivity index (χ0v) is 14.0. The molecule has 3 nitrogen and oxygen atoms in total. The Morgan fingerprint density at radius 3 is 2.61 bits per heavy atom. The summed E-state index contributed by atoms with van der Waals surface area (Å²) in [6, 6.07) is 14.7. The van der Waals surface area contributed by atoms with Crippen LogP contribution < -0.4 is 4.74 Å². The Balaban J connectivity index is 2.05. The standard InChI is InChI=1S/C19H20O3S/c1-12(2)10-16(21)19-18(15-8-3-4-9-17(15)23-19)22-14-7-5-6-13(20)11-14/h3-9,11-12,16,20-21H,10H2,1-2H3. The van der Waals surface area contributed by atoms with Crippen LogP contribution in [0.15, 0.2) is 48.5 Å². The summed E-state index contributed by atoms with van der Waals surface area (Å²) < 4.78 is 7.12. The number of aliphatic hydroxyl groups excluding tert-OH is 1. The van der Waals surface area contributed by atoms with Gasteiger partial charge in [-0.3, -0.25) is 0 Å². The summed E-state index contributed by atoms with van der Waals surface area (Å²) in [5.74, 6) is 1.80. The van der Waals surface area contributed by atoms with Crippen molar-refractivity contribution >= 4 is 21.4 Å². The fourth-order valence-electron chi connectivity index (χ4n) is 2.58. The van der Waals surface area contributed by atoms with Crippen molar-refractivity contribution in [2.75, 3.05) is 0 Å². The third-order valence-corrected chi connectivity index (χ3v) is 4.86. The number of aliphatic hydroxyl groups is 1. The first-order valence-corrected chi connectivity index (χ1v) is 8.52. The lowest BCUT2D eigenvalue weighted by molar-refractivity contribution is 0.152. The van der Waals surface area contributed by atoms with Gasteiger partial charge in [0.1, 0.15) is 11.5 Å². The van der Waals surface area contributed by atoms with Crippen LogP contribution in [0, 0.1) is 5.92 Å². The fourth-order valence-corrected chi connectivity index (χ4v) is 3.71. The second-order valence-corrected chi connectivity index (χ2v) is 7.12. The molecule has 120 valence electrons. The highest BCUT2D eigenvalue weighted by Gasteiger charge is 2.21. The Morgan fingerprint density at radius 2 is 1.87 bits per heavy atom. The van der Waals surface area contributed by atoms with E-state index in [4.69, 9.17) is 4.74 Å². The van der Waals surface area contributed by atoms with E-state index in [9.17, 15) is 10.2 Å². The summed E-state index contributed by atoms with van der Waals surface area (Å²) in [7, 11) is 0. The van der Waals surface area contributed by atoms with Crippen LogP contribution >= 0.6 is 11.3 Å². The molecule has 1 unspecified atom stereocenters. The molecule has 3 aromatic rings. The summed E-state index contributed by atoms with van der Waals surface area (Å²) in [4.78, 5) is 0.836. The van der Waals surface area contributed by atoms with E-state index < -0.39 is 6.10 Å². The van der Waals surface area contributed by atoms with E-state index in [0.29, 0.717) is 23.8 Å². The highest BCUT2D eigenvalue weighted by atomic mass is 32.1. The van der Waals surface area contributed by atoms with Crippen molar-refractivity contribution < 1.29 is 14.9 Å². The molecule has 4 heteroatoms. The molecule has 0 bridgehead atoms. The Labute approximate surface area is 139 Å². The molecule has 2 N–H and O–H groups in total. The maximum atomic E-state index is 10.6. The van der Waals surface area contributed by atoms with Crippen molar-refractivity contribution in [2.45, 2.75) is 26.4 Å². The lowest BCUT2D eigenvalue weighted by Crippen LogP contribution is -2.01. The van der Waals surface area contributed by atoms with Crippen LogP contribution in [0.25, 0.3) is 10.1 Å². The maximum Gasteiger partial charge on any atom is 0.151 e. The average Bonchev–Trinajstić information content (AvgIpc) is 2.86. The number of thiophene rings is 1. The van der Waals surface area contributed by atoms with E-state index in [1.807, 2.05) is 24.3 Å². The predicted molar refractivity (Wildman–Crippen MR) is 94.4 cm³/mol. The summed E-state index contributed by atoms with van der Waals surface area (Å²) in [6.45, 7) is 4.18. The minimum atomic E-state index is -0.556. The van der Waals surface area contributed by atoms with Crippen LogP contribution in [0.3, 0.4) is 0 Å². The van der Waals surface area contributed by atoms with Crippen LogP contribution in [-0.4, -0.2) is 10.2 Å². The number of rotatable bonds is 5. The zero-order valence-electron chi connectivity index (χ0n) is 13.2. The molecule has 2 aromatic carbocycles. The van der Waals surface area contributed by atoms with Crippen LogP contribution in [0.1, 0.15) is 31.2 Å². The van der Waals surface area contributed by atoms with Gasteiger partial charge in [0, 0.05) is 16.2 Å².